The lowest BCUT2D eigenvalue weighted by molar-refractivity contribution is -0.139. The number of rotatable bonds is 11. The van der Waals surface area contributed by atoms with E-state index in [4.69, 9.17) is 20.6 Å². The number of nitrogen functional groups attached to an aromatic ring is 1. The molecule has 0 radical (unpaired) electrons. The molecule has 0 bridgehead atoms. The predicted molar refractivity (Wildman–Crippen MR) is 256 cm³/mol. The monoisotopic (exact) mass is 907 g/mol. The number of carbonyl (C=O) groups is 4. The number of nitrogens with two attached hydrogens (primary N) is 1. The second-order valence-corrected chi connectivity index (χ2v) is 19.0. The third-order valence-electron chi connectivity index (χ3n) is 15.2. The molecule has 0 spiro atoms. The van der Waals surface area contributed by atoms with Crippen LogP contribution in [0.4, 0.5) is 11.5 Å². The van der Waals surface area contributed by atoms with Gasteiger partial charge in [0.1, 0.15) is 35.4 Å². The highest BCUT2D eigenvalue weighted by Crippen LogP contribution is 2.37. The van der Waals surface area contributed by atoms with Gasteiger partial charge in [-0.1, -0.05) is 18.2 Å². The summed E-state index contributed by atoms with van der Waals surface area (Å²) < 4.78 is 8.14. The number of aromatic nitrogens is 4. The first-order chi connectivity index (χ1) is 32.7. The molecular formula is C51H61N11O5. The fourth-order valence-electron chi connectivity index (χ4n) is 11.4. The van der Waals surface area contributed by atoms with Crippen LogP contribution in [0.25, 0.3) is 22.3 Å². The Kier molecular flexibility index (Phi) is 13.0. The molecule has 3 N–H and O–H groups in total. The van der Waals surface area contributed by atoms with Gasteiger partial charge in [-0.2, -0.15) is 5.10 Å². The van der Waals surface area contributed by atoms with Crippen LogP contribution in [0.1, 0.15) is 86.2 Å². The number of nitrogens with zero attached hydrogens (tertiary/aromatic N) is 9. The van der Waals surface area contributed by atoms with Gasteiger partial charge in [0, 0.05) is 67.5 Å². The molecule has 10 rings (SSSR count). The zero-order valence-corrected chi connectivity index (χ0v) is 38.3. The molecule has 1 unspecified atom stereocenters. The van der Waals surface area contributed by atoms with Crippen LogP contribution in [0, 0.1) is 6.92 Å². The first-order valence-electron chi connectivity index (χ1n) is 24.2. The van der Waals surface area contributed by atoms with E-state index in [2.05, 4.69) is 34.6 Å². The van der Waals surface area contributed by atoms with Crippen molar-refractivity contribution in [3.8, 4) is 22.8 Å². The fourth-order valence-corrected chi connectivity index (χ4v) is 11.4. The van der Waals surface area contributed by atoms with E-state index in [-0.39, 0.29) is 24.8 Å². The molecule has 5 fully saturated rings. The van der Waals surface area contributed by atoms with Gasteiger partial charge in [0.2, 0.25) is 18.2 Å². The second-order valence-electron chi connectivity index (χ2n) is 19.0. The lowest BCUT2D eigenvalue weighted by atomic mass is 9.93. The van der Waals surface area contributed by atoms with Crippen molar-refractivity contribution in [2.45, 2.75) is 101 Å². The van der Waals surface area contributed by atoms with Crippen LogP contribution in [0.5, 0.6) is 11.5 Å². The number of imide groups is 2. The van der Waals surface area contributed by atoms with E-state index in [1.54, 1.807) is 12.4 Å². The molecule has 16 heteroatoms. The minimum Gasteiger partial charge on any atom is -0.457 e. The Morgan fingerprint density at radius 2 is 1.31 bits per heavy atom. The number of aryl methyl sites for hydroxylation is 1. The van der Waals surface area contributed by atoms with Gasteiger partial charge in [0.25, 0.3) is 5.91 Å². The van der Waals surface area contributed by atoms with E-state index in [1.165, 1.54) is 38.8 Å². The van der Waals surface area contributed by atoms with Crippen LogP contribution in [0.15, 0.2) is 79.1 Å². The Hall–Kier alpha value is -6.23. The molecule has 67 heavy (non-hydrogen) atoms. The van der Waals surface area contributed by atoms with Gasteiger partial charge in [-0.05, 0) is 151 Å². The standard InChI is InChI=1S/C51H61N11O5/c1-34-31-40(9-12-43(34)51(66)61(33-63)44-13-14-45(64)55-50(44)65)60-27-19-38(20-28-60)58-23-15-36(16-24-58)57-25-17-37(18-26-57)59-29-21-39(22-30-59)62-49-46(48(52)53-32-54-49)47(56-62)35-7-10-42(11-8-35)67-41-5-3-2-4-6-41/h2-12,31-33,36-39,44H,13-30H2,1H3,(H2,52,53,54)(H,55,64,65). The molecule has 0 saturated carbocycles. The van der Waals surface area contributed by atoms with E-state index in [9.17, 15) is 19.2 Å². The smallest absolute Gasteiger partial charge is 0.261 e. The van der Waals surface area contributed by atoms with Crippen LogP contribution in [-0.2, 0) is 14.4 Å². The van der Waals surface area contributed by atoms with Gasteiger partial charge in [-0.3, -0.25) is 29.4 Å². The second kappa shape index (κ2) is 19.5. The average molecular weight is 908 g/mol. The maximum atomic E-state index is 13.4. The maximum Gasteiger partial charge on any atom is 0.261 e. The van der Waals surface area contributed by atoms with Gasteiger partial charge in [0.05, 0.1) is 11.4 Å². The number of carbonyl (C=O) groups excluding carboxylic acids is 4. The van der Waals surface area contributed by atoms with Crippen molar-refractivity contribution >= 4 is 46.7 Å². The Morgan fingerprint density at radius 3 is 1.90 bits per heavy atom. The molecule has 1 atom stereocenters. The Morgan fingerprint density at radius 1 is 0.731 bits per heavy atom. The third kappa shape index (κ3) is 9.39. The molecule has 16 nitrogen and oxygen atoms in total. The van der Waals surface area contributed by atoms with Crippen molar-refractivity contribution in [1.82, 2.24) is 44.7 Å². The molecular weight excluding hydrogens is 847 g/mol. The van der Waals surface area contributed by atoms with Gasteiger partial charge in [-0.15, -0.1) is 0 Å². The molecule has 5 aliphatic rings. The highest BCUT2D eigenvalue weighted by atomic mass is 16.5. The van der Waals surface area contributed by atoms with Crippen molar-refractivity contribution < 1.29 is 23.9 Å². The number of likely N-dealkylation sites (tertiary alicyclic amines) is 3. The summed E-state index contributed by atoms with van der Waals surface area (Å²) in [6.45, 7) is 10.5. The van der Waals surface area contributed by atoms with Crippen LogP contribution in [0.2, 0.25) is 0 Å². The van der Waals surface area contributed by atoms with Crippen LogP contribution in [-0.4, -0.2) is 140 Å². The average Bonchev–Trinajstić information content (AvgIpc) is 3.76. The molecule has 2 aromatic heterocycles. The molecule has 0 aliphatic carbocycles. The third-order valence-corrected chi connectivity index (χ3v) is 15.2. The van der Waals surface area contributed by atoms with Crippen LogP contribution in [0.3, 0.4) is 0 Å². The summed E-state index contributed by atoms with van der Waals surface area (Å²) in [7, 11) is 0. The molecule has 4 amide bonds. The summed E-state index contributed by atoms with van der Waals surface area (Å²) in [5.74, 6) is 0.467. The summed E-state index contributed by atoms with van der Waals surface area (Å²) >= 11 is 0. The van der Waals surface area contributed by atoms with E-state index in [0.717, 1.165) is 115 Å². The van der Waals surface area contributed by atoms with Crippen molar-refractivity contribution in [3.63, 3.8) is 0 Å². The van der Waals surface area contributed by atoms with Crippen molar-refractivity contribution in [2.75, 3.05) is 63.0 Å². The number of benzene rings is 3. The van der Waals surface area contributed by atoms with Gasteiger partial charge in [-0.25, -0.2) is 14.6 Å². The highest BCUT2D eigenvalue weighted by molar-refractivity contribution is 6.07. The first kappa shape index (κ1) is 44.6. The minimum absolute atomic E-state index is 0.0920. The number of amides is 4. The molecule has 350 valence electrons. The number of nitrogens with one attached hydrogen (secondary N) is 1. The summed E-state index contributed by atoms with van der Waals surface area (Å²) in [6.07, 6.45) is 11.3. The number of piperidine rings is 5. The van der Waals surface area contributed by atoms with Gasteiger partial charge in [0.15, 0.2) is 5.65 Å². The lowest BCUT2D eigenvalue weighted by Crippen LogP contribution is -2.54. The van der Waals surface area contributed by atoms with Gasteiger partial charge < -0.3 is 30.1 Å². The Balaban J connectivity index is 0.671. The normalized spacial score (nSPS) is 21.4. The number of hydrogen-bond acceptors (Lipinski definition) is 13. The quantitative estimate of drug-likeness (QED) is 0.120. The highest BCUT2D eigenvalue weighted by Gasteiger charge is 2.37. The first-order valence-corrected chi connectivity index (χ1v) is 24.2. The number of hydrogen-bond donors (Lipinski definition) is 2. The topological polar surface area (TPSA) is 175 Å². The zero-order valence-electron chi connectivity index (χ0n) is 38.3. The summed E-state index contributed by atoms with van der Waals surface area (Å²) in [6, 6.07) is 24.6. The Labute approximate surface area is 391 Å². The van der Waals surface area contributed by atoms with Gasteiger partial charge >= 0.3 is 0 Å². The number of para-hydroxylation sites is 1. The van der Waals surface area contributed by atoms with E-state index in [0.29, 0.717) is 35.9 Å². The molecule has 7 heterocycles. The number of fused-ring (bicyclic) bond motifs is 1. The zero-order chi connectivity index (χ0) is 46.0. The minimum atomic E-state index is -0.985. The molecule has 5 saturated heterocycles. The van der Waals surface area contributed by atoms with Crippen molar-refractivity contribution in [1.29, 1.82) is 0 Å². The number of ether oxygens (including phenoxy) is 1. The van der Waals surface area contributed by atoms with E-state index in [1.807, 2.05) is 73.7 Å². The molecule has 5 aliphatic heterocycles. The summed E-state index contributed by atoms with van der Waals surface area (Å²) in [5.41, 5.74) is 11.2. The number of anilines is 2. The predicted octanol–water partition coefficient (Wildman–Crippen LogP) is 5.81. The lowest BCUT2D eigenvalue weighted by Gasteiger charge is -2.47. The van der Waals surface area contributed by atoms with Crippen LogP contribution >= 0.6 is 0 Å². The molecule has 3 aromatic carbocycles. The molecule has 5 aromatic rings. The van der Waals surface area contributed by atoms with Crippen molar-refractivity contribution in [3.05, 3.63) is 90.3 Å². The van der Waals surface area contributed by atoms with E-state index < -0.39 is 17.9 Å². The summed E-state index contributed by atoms with van der Waals surface area (Å²) in [4.78, 5) is 69.9. The SMILES string of the molecule is Cc1cc(N2CCC(N3CCC(N4CCC(N5CCC(n6nc(-c7ccc(Oc8ccccc8)cc7)c7c(N)ncnc76)CC5)CC4)CC3)CC2)ccc1C(=O)N(C=O)C1CCC(=O)NC1=O. The van der Waals surface area contributed by atoms with Crippen molar-refractivity contribution in [2.24, 2.45) is 0 Å². The van der Waals surface area contributed by atoms with Crippen LogP contribution < -0.4 is 20.7 Å². The summed E-state index contributed by atoms with van der Waals surface area (Å²) in [5, 5.41) is 8.21. The fraction of sp³-hybridized carbons (Fsp3) is 0.471. The largest absolute Gasteiger partial charge is 0.457 e. The van der Waals surface area contributed by atoms with E-state index >= 15 is 0 Å². The Bertz CT molecular complexity index is 2570. The maximum absolute atomic E-state index is 13.4.